The van der Waals surface area contributed by atoms with Crippen LogP contribution in [0.25, 0.3) is 5.65 Å². The first-order valence-electron chi connectivity index (χ1n) is 13.1. The number of fused-ring (bicyclic) bond motifs is 1. The number of carbonyl (C=O) groups is 2. The number of carbonyl (C=O) groups excluding carboxylic acids is 2. The maximum Gasteiger partial charge on any atom is 0.410 e. The van der Waals surface area contributed by atoms with E-state index in [1.54, 1.807) is 11.8 Å². The molecule has 2 aromatic rings. The van der Waals surface area contributed by atoms with Crippen molar-refractivity contribution in [3.05, 3.63) is 29.7 Å². The maximum atomic E-state index is 12.5. The number of ether oxygens (including phenoxy) is 2. The van der Waals surface area contributed by atoms with Crippen molar-refractivity contribution < 1.29 is 19.1 Å². The molecule has 2 saturated heterocycles. The third-order valence-electron chi connectivity index (χ3n) is 6.83. The third kappa shape index (κ3) is 6.37. The lowest BCUT2D eigenvalue weighted by Gasteiger charge is -2.38. The number of ketones is 1. The number of hydrogen-bond donors (Lipinski definition) is 1. The number of pyridine rings is 1. The van der Waals surface area contributed by atoms with Gasteiger partial charge in [-0.15, -0.1) is 0 Å². The number of rotatable bonds is 6. The Bertz CT molecular complexity index is 1080. The largest absolute Gasteiger partial charge is 0.444 e. The average molecular weight is 500 g/mol. The van der Waals surface area contributed by atoms with Crippen molar-refractivity contribution in [1.82, 2.24) is 19.2 Å². The zero-order valence-corrected chi connectivity index (χ0v) is 22.5. The van der Waals surface area contributed by atoms with E-state index in [-0.39, 0.29) is 18.0 Å². The van der Waals surface area contributed by atoms with Gasteiger partial charge in [-0.25, -0.2) is 9.78 Å². The van der Waals surface area contributed by atoms with Crippen LogP contribution in [-0.4, -0.2) is 88.1 Å². The quantitative estimate of drug-likeness (QED) is 0.597. The average Bonchev–Trinajstić information content (AvgIpc) is 3.24. The number of aromatic nitrogens is 2. The fourth-order valence-electron chi connectivity index (χ4n) is 4.92. The molecule has 9 nitrogen and oxygen atoms in total. The summed E-state index contributed by atoms with van der Waals surface area (Å²) in [5, 5.41) is 3.68. The van der Waals surface area contributed by atoms with E-state index in [1.165, 1.54) is 0 Å². The van der Waals surface area contributed by atoms with E-state index in [1.807, 2.05) is 39.2 Å². The fraction of sp³-hybridized carbons (Fsp3) is 0.667. The number of piperidine rings is 1. The highest BCUT2D eigenvalue weighted by Crippen LogP contribution is 2.26. The van der Waals surface area contributed by atoms with E-state index in [9.17, 15) is 9.59 Å². The van der Waals surface area contributed by atoms with Crippen LogP contribution in [0.1, 0.15) is 76.4 Å². The molecule has 2 aliphatic heterocycles. The third-order valence-corrected chi connectivity index (χ3v) is 6.83. The van der Waals surface area contributed by atoms with Gasteiger partial charge in [0.05, 0.1) is 24.9 Å². The molecule has 0 aliphatic carbocycles. The zero-order chi connectivity index (χ0) is 26.0. The maximum absolute atomic E-state index is 12.5. The lowest BCUT2D eigenvalue weighted by atomic mass is 10.0. The summed E-state index contributed by atoms with van der Waals surface area (Å²) in [4.78, 5) is 33.5. The minimum absolute atomic E-state index is 0.0120. The molecule has 1 unspecified atom stereocenters. The summed E-state index contributed by atoms with van der Waals surface area (Å²) in [5.41, 5.74) is 3.06. The van der Waals surface area contributed by atoms with Crippen LogP contribution < -0.4 is 5.32 Å². The second-order valence-electron chi connectivity index (χ2n) is 11.4. The Balaban J connectivity index is 1.34. The molecule has 36 heavy (non-hydrogen) atoms. The Labute approximate surface area is 214 Å². The van der Waals surface area contributed by atoms with Crippen LogP contribution in [0, 0.1) is 0 Å². The van der Waals surface area contributed by atoms with Crippen molar-refractivity contribution in [3.8, 4) is 0 Å². The van der Waals surface area contributed by atoms with E-state index in [0.717, 1.165) is 49.5 Å². The summed E-state index contributed by atoms with van der Waals surface area (Å²) in [7, 11) is 0. The number of anilines is 1. The van der Waals surface area contributed by atoms with Crippen molar-refractivity contribution in [2.75, 3.05) is 44.6 Å². The fourth-order valence-corrected chi connectivity index (χ4v) is 4.92. The summed E-state index contributed by atoms with van der Waals surface area (Å²) in [6.45, 7) is 15.9. The first kappa shape index (κ1) is 26.4. The first-order chi connectivity index (χ1) is 17.0. The lowest BCUT2D eigenvalue weighted by molar-refractivity contribution is -0.0538. The number of likely N-dealkylation sites (tertiary alicyclic amines) is 1. The molecule has 198 valence electrons. The highest BCUT2D eigenvalue weighted by Gasteiger charge is 2.30. The van der Waals surface area contributed by atoms with Gasteiger partial charge in [0.1, 0.15) is 5.60 Å². The number of nitrogens with zero attached hydrogens (tertiary/aromatic N) is 4. The SMILES string of the molecule is CC(=O)c1cc(NC2CCN(CC3CN(C(=O)OC(C)(C)C)CCO3)CC2)c2ncc(C(C)C)n2c1. The Morgan fingerprint density at radius 2 is 1.94 bits per heavy atom. The molecule has 4 rings (SSSR count). The van der Waals surface area contributed by atoms with Gasteiger partial charge in [0.2, 0.25) is 0 Å². The normalized spacial score (nSPS) is 20.2. The predicted molar refractivity (Wildman–Crippen MR) is 140 cm³/mol. The number of amides is 1. The van der Waals surface area contributed by atoms with Gasteiger partial charge in [0.25, 0.3) is 0 Å². The van der Waals surface area contributed by atoms with Crippen molar-refractivity contribution in [2.45, 2.75) is 78.0 Å². The Kier molecular flexibility index (Phi) is 7.90. The monoisotopic (exact) mass is 499 g/mol. The molecule has 1 atom stereocenters. The highest BCUT2D eigenvalue weighted by atomic mass is 16.6. The van der Waals surface area contributed by atoms with Gasteiger partial charge >= 0.3 is 6.09 Å². The molecule has 2 fully saturated rings. The smallest absolute Gasteiger partial charge is 0.410 e. The van der Waals surface area contributed by atoms with Crippen LogP contribution in [0.4, 0.5) is 10.5 Å². The summed E-state index contributed by atoms with van der Waals surface area (Å²) < 4.78 is 13.6. The van der Waals surface area contributed by atoms with E-state index in [2.05, 4.69) is 33.4 Å². The van der Waals surface area contributed by atoms with Gasteiger partial charge in [-0.1, -0.05) is 13.8 Å². The lowest BCUT2D eigenvalue weighted by Crippen LogP contribution is -2.52. The van der Waals surface area contributed by atoms with Gasteiger partial charge in [-0.2, -0.15) is 0 Å². The highest BCUT2D eigenvalue weighted by molar-refractivity contribution is 5.95. The summed E-state index contributed by atoms with van der Waals surface area (Å²) in [6, 6.07) is 2.24. The molecule has 9 heteroatoms. The number of hydrogen-bond acceptors (Lipinski definition) is 7. The van der Waals surface area contributed by atoms with E-state index >= 15 is 0 Å². The zero-order valence-electron chi connectivity index (χ0n) is 22.5. The molecular formula is C27H41N5O4. The summed E-state index contributed by atoms with van der Waals surface area (Å²) in [5.74, 6) is 0.359. The molecule has 1 N–H and O–H groups in total. The molecule has 2 aromatic heterocycles. The van der Waals surface area contributed by atoms with E-state index in [0.29, 0.717) is 37.2 Å². The van der Waals surface area contributed by atoms with Crippen LogP contribution in [-0.2, 0) is 9.47 Å². The molecule has 0 radical (unpaired) electrons. The molecule has 4 heterocycles. The minimum atomic E-state index is -0.498. The molecule has 0 spiro atoms. The van der Waals surface area contributed by atoms with Crippen LogP contribution >= 0.6 is 0 Å². The summed E-state index contributed by atoms with van der Waals surface area (Å²) >= 11 is 0. The molecule has 1 amide bonds. The summed E-state index contributed by atoms with van der Waals surface area (Å²) in [6.07, 6.45) is 5.49. The van der Waals surface area contributed by atoms with E-state index < -0.39 is 5.60 Å². The minimum Gasteiger partial charge on any atom is -0.444 e. The van der Waals surface area contributed by atoms with Crippen LogP contribution in [0.5, 0.6) is 0 Å². The van der Waals surface area contributed by atoms with E-state index in [4.69, 9.17) is 9.47 Å². The van der Waals surface area contributed by atoms with Crippen molar-refractivity contribution >= 4 is 23.2 Å². The second kappa shape index (κ2) is 10.8. The second-order valence-corrected chi connectivity index (χ2v) is 11.4. The van der Waals surface area contributed by atoms with Crippen LogP contribution in [0.2, 0.25) is 0 Å². The molecule has 2 aliphatic rings. The number of Topliss-reactive ketones (excluding diaryl/α,β-unsaturated/α-hetero) is 1. The van der Waals surface area contributed by atoms with Gasteiger partial charge in [0.15, 0.2) is 11.4 Å². The first-order valence-corrected chi connectivity index (χ1v) is 13.1. The molecule has 0 bridgehead atoms. The molecule has 0 saturated carbocycles. The van der Waals surface area contributed by atoms with Crippen LogP contribution in [0.15, 0.2) is 18.5 Å². The predicted octanol–water partition coefficient (Wildman–Crippen LogP) is 4.17. The van der Waals surface area contributed by atoms with Crippen molar-refractivity contribution in [1.29, 1.82) is 0 Å². The Morgan fingerprint density at radius 1 is 1.22 bits per heavy atom. The van der Waals surface area contributed by atoms with Crippen molar-refractivity contribution in [3.63, 3.8) is 0 Å². The number of nitrogens with one attached hydrogen (secondary N) is 1. The standard InChI is InChI=1S/C27H41N5O4/c1-18(2)24-14-28-25-23(13-20(19(3)33)15-32(24)25)29-21-7-9-30(10-8-21)16-22-17-31(11-12-35-22)26(34)36-27(4,5)6/h13-15,18,21-22,29H,7-12,16-17H2,1-6H3. The number of imidazole rings is 1. The topological polar surface area (TPSA) is 88.4 Å². The Hall–Kier alpha value is -2.65. The van der Waals surface area contributed by atoms with Crippen LogP contribution in [0.3, 0.4) is 0 Å². The van der Waals surface area contributed by atoms with Crippen molar-refractivity contribution in [2.24, 2.45) is 0 Å². The number of morpholine rings is 1. The van der Waals surface area contributed by atoms with Gasteiger partial charge in [0, 0.05) is 55.9 Å². The molecular weight excluding hydrogens is 458 g/mol. The van der Waals surface area contributed by atoms with Gasteiger partial charge in [-0.3, -0.25) is 4.79 Å². The molecule has 0 aromatic carbocycles. The van der Waals surface area contributed by atoms with Gasteiger partial charge in [-0.05, 0) is 52.5 Å². The van der Waals surface area contributed by atoms with Gasteiger partial charge < -0.3 is 29.0 Å². The Morgan fingerprint density at radius 3 is 2.58 bits per heavy atom.